The Hall–Kier alpha value is -6.81. The van der Waals surface area contributed by atoms with Crippen LogP contribution in [0.15, 0.2) is 67.0 Å². The second kappa shape index (κ2) is 22.5. The summed E-state index contributed by atoms with van der Waals surface area (Å²) < 4.78 is 13.9. The van der Waals surface area contributed by atoms with Gasteiger partial charge in [0.25, 0.3) is 5.91 Å². The van der Waals surface area contributed by atoms with Crippen LogP contribution in [0.5, 0.6) is 11.5 Å². The number of nitrogens with zero attached hydrogens (tertiary/aromatic N) is 4. The van der Waals surface area contributed by atoms with Gasteiger partial charge in [-0.25, -0.2) is 4.68 Å². The molecule has 2 heterocycles. The molecule has 0 spiro atoms. The number of benzene rings is 3. The van der Waals surface area contributed by atoms with Gasteiger partial charge in [-0.15, -0.1) is 0 Å². The standard InChI is InChI=1S/C46H59N11O7/c1-27(2)20-31-25-52-57(26-31)33-8-9-34(28(3)21-33)43(59)54-37(12-13-47)46(62)56(5)41-32-7-11-40(64-19-16-50)36(24-32)35-22-30(6-10-39(35)63-18-15-49)23-38(44(60)51-17-14-48)55-42(58)29(4)53-45(41)61/h6-11,21-22,24-27,29,37-38,41H,12-13,15-20,23,47,49-50H2,1-5H3,(H,51,60)(H,53,61)(H,54,59)(H,55,58)/t29-,37-,38-,41-/m0/s1. The number of rotatable bonds is 17. The van der Waals surface area contributed by atoms with E-state index >= 15 is 0 Å². The smallest absolute Gasteiger partial charge is 0.252 e. The highest BCUT2D eigenvalue weighted by Crippen LogP contribution is 2.40. The van der Waals surface area contributed by atoms with Crippen molar-refractivity contribution >= 4 is 29.5 Å². The highest BCUT2D eigenvalue weighted by Gasteiger charge is 2.36. The molecule has 0 radical (unpaired) electrons. The number of nitrogens with one attached hydrogen (secondary N) is 4. The monoisotopic (exact) mass is 877 g/mol. The lowest BCUT2D eigenvalue weighted by Gasteiger charge is -2.32. The van der Waals surface area contributed by atoms with Crippen LogP contribution in [0.1, 0.15) is 65.8 Å². The number of nitrogens with two attached hydrogens (primary N) is 3. The molecule has 5 rings (SSSR count). The van der Waals surface area contributed by atoms with Crippen molar-refractivity contribution in [3.05, 3.63) is 94.8 Å². The third-order valence-electron chi connectivity index (χ3n) is 10.6. The van der Waals surface area contributed by atoms with Crippen molar-refractivity contribution in [1.82, 2.24) is 35.9 Å². The fourth-order valence-corrected chi connectivity index (χ4v) is 7.49. The Bertz CT molecular complexity index is 2360. The molecule has 4 bridgehead atoms. The zero-order chi connectivity index (χ0) is 46.5. The molecule has 64 heavy (non-hydrogen) atoms. The second-order valence-electron chi connectivity index (χ2n) is 16.1. The van der Waals surface area contributed by atoms with E-state index in [0.717, 1.165) is 17.7 Å². The van der Waals surface area contributed by atoms with Crippen LogP contribution in [-0.4, -0.2) is 109 Å². The van der Waals surface area contributed by atoms with Crippen molar-refractivity contribution in [1.29, 1.82) is 5.26 Å². The van der Waals surface area contributed by atoms with E-state index in [2.05, 4.69) is 40.2 Å². The summed E-state index contributed by atoms with van der Waals surface area (Å²) >= 11 is 0. The number of nitriles is 1. The van der Waals surface area contributed by atoms with Crippen LogP contribution >= 0.6 is 0 Å². The van der Waals surface area contributed by atoms with E-state index in [-0.39, 0.29) is 52.2 Å². The van der Waals surface area contributed by atoms with Gasteiger partial charge in [0, 0.05) is 49.4 Å². The third-order valence-corrected chi connectivity index (χ3v) is 10.6. The number of aryl methyl sites for hydroxylation is 1. The van der Waals surface area contributed by atoms with Gasteiger partial charge < -0.3 is 52.8 Å². The summed E-state index contributed by atoms with van der Waals surface area (Å²) in [6, 6.07) is 12.4. The average molecular weight is 878 g/mol. The molecule has 18 heteroatoms. The number of hydrogen-bond donors (Lipinski definition) is 7. The maximum atomic E-state index is 14.6. The molecule has 1 aromatic heterocycles. The number of hydrogen-bond acceptors (Lipinski definition) is 12. The Balaban J connectivity index is 1.55. The van der Waals surface area contributed by atoms with Gasteiger partial charge in [0.2, 0.25) is 23.6 Å². The Labute approximate surface area is 373 Å². The van der Waals surface area contributed by atoms with E-state index in [1.54, 1.807) is 60.1 Å². The summed E-state index contributed by atoms with van der Waals surface area (Å²) in [6.07, 6.45) is 4.70. The molecule has 18 nitrogen and oxygen atoms in total. The first-order chi connectivity index (χ1) is 30.7. The number of carbonyl (C=O) groups excluding carboxylic acids is 5. The molecule has 1 aliphatic heterocycles. The average Bonchev–Trinajstić information content (AvgIpc) is 3.73. The van der Waals surface area contributed by atoms with E-state index in [1.165, 1.54) is 18.9 Å². The minimum atomic E-state index is -1.38. The van der Waals surface area contributed by atoms with Gasteiger partial charge >= 0.3 is 0 Å². The number of likely N-dealkylation sites (N-methyl/N-ethyl adjacent to an activating group) is 1. The van der Waals surface area contributed by atoms with Crippen LogP contribution < -0.4 is 47.9 Å². The number of fused-ring (bicyclic) bond motifs is 5. The first-order valence-corrected chi connectivity index (χ1v) is 21.3. The summed E-state index contributed by atoms with van der Waals surface area (Å²) in [5.74, 6) is -1.95. The Morgan fingerprint density at radius 3 is 2.28 bits per heavy atom. The lowest BCUT2D eigenvalue weighted by molar-refractivity contribution is -0.141. The quantitative estimate of drug-likeness (QED) is 0.0745. The minimum absolute atomic E-state index is 0.00786. The van der Waals surface area contributed by atoms with E-state index in [4.69, 9.17) is 31.9 Å². The molecular weight excluding hydrogens is 819 g/mol. The molecule has 1 aliphatic rings. The van der Waals surface area contributed by atoms with E-state index in [0.29, 0.717) is 50.8 Å². The number of ether oxygens (including phenoxy) is 2. The minimum Gasteiger partial charge on any atom is -0.492 e. The van der Waals surface area contributed by atoms with E-state index in [9.17, 15) is 24.0 Å². The van der Waals surface area contributed by atoms with Gasteiger partial charge in [-0.2, -0.15) is 10.4 Å². The first kappa shape index (κ1) is 48.2. The normalized spacial score (nSPS) is 16.7. The van der Waals surface area contributed by atoms with Crippen molar-refractivity contribution in [3.63, 3.8) is 0 Å². The molecule has 3 aromatic carbocycles. The predicted molar refractivity (Wildman–Crippen MR) is 240 cm³/mol. The SMILES string of the molecule is Cc1cc(-n2cc(CC(C)C)cn2)ccc1C(=O)N[C@@H](CCN)C(=O)N(C)[C@@H]1C(=O)N[C@@H](C)C(=O)N[C@H](C(=O)NCC#N)Cc2ccc(OCCN)c(c2)-c2cc1ccc2OCCN. The van der Waals surface area contributed by atoms with Crippen molar-refractivity contribution in [2.75, 3.05) is 46.4 Å². The van der Waals surface area contributed by atoms with Crippen LogP contribution in [0.3, 0.4) is 0 Å². The molecule has 4 atom stereocenters. The third kappa shape index (κ3) is 12.0. The maximum absolute atomic E-state index is 14.6. The van der Waals surface area contributed by atoms with Crippen molar-refractivity contribution in [2.24, 2.45) is 23.1 Å². The fraction of sp³-hybridized carbons (Fsp3) is 0.413. The highest BCUT2D eigenvalue weighted by molar-refractivity contribution is 6.00. The van der Waals surface area contributed by atoms with Crippen LogP contribution in [0.2, 0.25) is 0 Å². The van der Waals surface area contributed by atoms with Crippen molar-refractivity contribution in [3.8, 4) is 34.4 Å². The largest absolute Gasteiger partial charge is 0.492 e. The van der Waals surface area contributed by atoms with Crippen molar-refractivity contribution < 1.29 is 33.4 Å². The summed E-state index contributed by atoms with van der Waals surface area (Å²) in [5, 5.41) is 24.4. The maximum Gasteiger partial charge on any atom is 0.252 e. The second-order valence-corrected chi connectivity index (χ2v) is 16.1. The topological polar surface area (TPSA) is 275 Å². The Morgan fingerprint density at radius 1 is 0.953 bits per heavy atom. The molecule has 10 N–H and O–H groups in total. The van der Waals surface area contributed by atoms with Crippen molar-refractivity contribution in [2.45, 2.75) is 71.1 Å². The molecule has 340 valence electrons. The number of amides is 5. The van der Waals surface area contributed by atoms with Gasteiger partial charge in [-0.3, -0.25) is 24.0 Å². The molecule has 0 aliphatic carbocycles. The summed E-state index contributed by atoms with van der Waals surface area (Å²) in [5.41, 5.74) is 22.4. The lowest BCUT2D eigenvalue weighted by Crippen LogP contribution is -2.56. The summed E-state index contributed by atoms with van der Waals surface area (Å²) in [4.78, 5) is 71.3. The molecule has 0 saturated heterocycles. The lowest BCUT2D eigenvalue weighted by atomic mass is 9.93. The van der Waals surface area contributed by atoms with Gasteiger partial charge in [-0.1, -0.05) is 26.0 Å². The van der Waals surface area contributed by atoms with Crippen LogP contribution in [0.25, 0.3) is 16.8 Å². The fourth-order valence-electron chi connectivity index (χ4n) is 7.49. The Kier molecular flexibility index (Phi) is 17.0. The zero-order valence-electron chi connectivity index (χ0n) is 37.0. The molecule has 4 aromatic rings. The summed E-state index contributed by atoms with van der Waals surface area (Å²) in [7, 11) is 1.43. The molecular formula is C46H59N11O7. The van der Waals surface area contributed by atoms with Gasteiger partial charge in [0.15, 0.2) is 0 Å². The number of carbonyl (C=O) groups is 5. The van der Waals surface area contributed by atoms with Crippen LogP contribution in [0, 0.1) is 24.2 Å². The Morgan fingerprint density at radius 2 is 1.64 bits per heavy atom. The molecule has 0 saturated carbocycles. The van der Waals surface area contributed by atoms with Gasteiger partial charge in [-0.05, 0) is 104 Å². The number of aromatic nitrogens is 2. The van der Waals surface area contributed by atoms with Gasteiger partial charge in [0.05, 0.1) is 18.0 Å². The van der Waals surface area contributed by atoms with Crippen LogP contribution in [0.4, 0.5) is 0 Å². The van der Waals surface area contributed by atoms with E-state index < -0.39 is 53.7 Å². The molecule has 0 fully saturated rings. The highest BCUT2D eigenvalue weighted by atomic mass is 16.5. The van der Waals surface area contributed by atoms with Crippen LogP contribution in [-0.2, 0) is 32.0 Å². The molecule has 5 amide bonds. The predicted octanol–water partition coefficient (Wildman–Crippen LogP) is 1.55. The summed E-state index contributed by atoms with van der Waals surface area (Å²) in [6.45, 7) is 7.93. The zero-order valence-corrected chi connectivity index (χ0v) is 37.0. The molecule has 0 unspecified atom stereocenters. The van der Waals surface area contributed by atoms with E-state index in [1.807, 2.05) is 24.5 Å². The first-order valence-electron chi connectivity index (χ1n) is 21.3. The van der Waals surface area contributed by atoms with Gasteiger partial charge in [0.1, 0.15) is 55.4 Å².